The van der Waals surface area contributed by atoms with E-state index in [2.05, 4.69) is 27.0 Å². The summed E-state index contributed by atoms with van der Waals surface area (Å²) in [5.41, 5.74) is 4.90. The maximum absolute atomic E-state index is 12.2. The second-order valence-electron chi connectivity index (χ2n) is 7.46. The lowest BCUT2D eigenvalue weighted by atomic mass is 10.1. The molecular weight excluding hydrogens is 394 g/mol. The van der Waals surface area contributed by atoms with Crippen molar-refractivity contribution in [3.05, 3.63) is 81.5 Å². The van der Waals surface area contributed by atoms with E-state index in [4.69, 9.17) is 0 Å². The molecule has 2 aromatic carbocycles. The number of anilines is 2. The molecule has 3 aromatic rings. The van der Waals surface area contributed by atoms with Crippen LogP contribution < -0.4 is 15.5 Å². The van der Waals surface area contributed by atoms with Crippen molar-refractivity contribution < 1.29 is 9.59 Å². The van der Waals surface area contributed by atoms with Gasteiger partial charge in [-0.2, -0.15) is 0 Å². The quantitative estimate of drug-likeness (QED) is 0.623. The number of nitrogens with zero attached hydrogens (tertiary/aromatic N) is 1. The summed E-state index contributed by atoms with van der Waals surface area (Å²) in [5, 5.41) is 7.87. The van der Waals surface area contributed by atoms with Crippen LogP contribution in [0.25, 0.3) is 0 Å². The van der Waals surface area contributed by atoms with Crippen LogP contribution in [0, 0.1) is 6.92 Å². The van der Waals surface area contributed by atoms with Crippen LogP contribution >= 0.6 is 11.3 Å². The van der Waals surface area contributed by atoms with Crippen LogP contribution in [0.5, 0.6) is 0 Å². The van der Waals surface area contributed by atoms with E-state index < -0.39 is 0 Å². The average Bonchev–Trinajstić information content (AvgIpc) is 3.22. The molecule has 5 nitrogen and oxygen atoms in total. The summed E-state index contributed by atoms with van der Waals surface area (Å²) < 4.78 is 0. The van der Waals surface area contributed by atoms with Crippen LogP contribution in [-0.2, 0) is 17.8 Å². The number of amides is 2. The first kappa shape index (κ1) is 20.2. The molecule has 0 spiro atoms. The van der Waals surface area contributed by atoms with Crippen molar-refractivity contribution in [1.29, 1.82) is 0 Å². The molecule has 1 aliphatic heterocycles. The molecule has 0 radical (unpaired) electrons. The Hall–Kier alpha value is -3.12. The molecule has 1 aromatic heterocycles. The Balaban J connectivity index is 1.25. The average molecular weight is 420 g/mol. The molecule has 6 heteroatoms. The fourth-order valence-electron chi connectivity index (χ4n) is 3.66. The smallest absolute Gasteiger partial charge is 0.251 e. The van der Waals surface area contributed by atoms with Crippen molar-refractivity contribution in [2.75, 3.05) is 23.3 Å². The molecule has 2 amide bonds. The predicted octanol–water partition coefficient (Wildman–Crippen LogP) is 4.38. The molecule has 4 rings (SSSR count). The zero-order valence-corrected chi connectivity index (χ0v) is 17.8. The third kappa shape index (κ3) is 4.71. The van der Waals surface area contributed by atoms with E-state index in [1.807, 2.05) is 60.7 Å². The van der Waals surface area contributed by atoms with Gasteiger partial charge in [0.25, 0.3) is 5.91 Å². The van der Waals surface area contributed by atoms with E-state index in [-0.39, 0.29) is 18.2 Å². The van der Waals surface area contributed by atoms with Crippen LogP contribution in [0.2, 0.25) is 0 Å². The molecule has 0 unspecified atom stereocenters. The Morgan fingerprint density at radius 2 is 1.87 bits per heavy atom. The van der Waals surface area contributed by atoms with Crippen molar-refractivity contribution in [3.8, 4) is 0 Å². The summed E-state index contributed by atoms with van der Waals surface area (Å²) in [7, 11) is 0. The lowest BCUT2D eigenvalue weighted by Crippen LogP contribution is -2.29. The van der Waals surface area contributed by atoms with Gasteiger partial charge in [0.15, 0.2) is 0 Å². The van der Waals surface area contributed by atoms with Crippen molar-refractivity contribution in [1.82, 2.24) is 5.32 Å². The van der Waals surface area contributed by atoms with E-state index in [9.17, 15) is 9.59 Å². The van der Waals surface area contributed by atoms with Crippen LogP contribution in [-0.4, -0.2) is 24.9 Å². The number of carbonyl (C=O) groups excluding carboxylic acids is 2. The van der Waals surface area contributed by atoms with Crippen molar-refractivity contribution in [3.63, 3.8) is 0 Å². The van der Waals surface area contributed by atoms with E-state index in [0.717, 1.165) is 36.4 Å². The van der Waals surface area contributed by atoms with E-state index in [0.29, 0.717) is 12.1 Å². The first-order chi connectivity index (χ1) is 14.6. The zero-order valence-electron chi connectivity index (χ0n) is 17.0. The highest BCUT2D eigenvalue weighted by Crippen LogP contribution is 2.28. The van der Waals surface area contributed by atoms with E-state index >= 15 is 0 Å². The maximum atomic E-state index is 12.2. The number of carbonyl (C=O) groups is 2. The van der Waals surface area contributed by atoms with Gasteiger partial charge in [-0.05, 0) is 66.2 Å². The Labute approximate surface area is 180 Å². The molecule has 0 aliphatic carbocycles. The fraction of sp³-hybridized carbons (Fsp3) is 0.250. The van der Waals surface area contributed by atoms with Crippen LogP contribution in [0.4, 0.5) is 11.4 Å². The summed E-state index contributed by atoms with van der Waals surface area (Å²) in [5.74, 6) is -0.269. The second kappa shape index (κ2) is 9.13. The summed E-state index contributed by atoms with van der Waals surface area (Å²) in [6.07, 6.45) is 1.31. The highest BCUT2D eigenvalue weighted by Gasteiger charge is 2.17. The molecule has 0 saturated heterocycles. The third-order valence-corrected chi connectivity index (χ3v) is 6.37. The first-order valence-corrected chi connectivity index (χ1v) is 11.0. The molecule has 30 heavy (non-hydrogen) atoms. The van der Waals surface area contributed by atoms with Gasteiger partial charge in [-0.1, -0.05) is 18.2 Å². The van der Waals surface area contributed by atoms with Gasteiger partial charge in [-0.15, -0.1) is 11.3 Å². The number of thiophene rings is 1. The van der Waals surface area contributed by atoms with E-state index in [1.54, 1.807) is 6.07 Å². The number of rotatable bonds is 6. The Morgan fingerprint density at radius 1 is 1.07 bits per heavy atom. The number of fused-ring (bicyclic) bond motifs is 1. The van der Waals surface area contributed by atoms with E-state index in [1.165, 1.54) is 10.4 Å². The van der Waals surface area contributed by atoms with Gasteiger partial charge < -0.3 is 15.5 Å². The normalized spacial score (nSPS) is 12.9. The standard InChI is InChI=1S/C24H25N3O2S/c1-17-4-2-3-5-21(17)24(29)25-13-10-23(28)26-19-6-8-20(9-7-19)27-14-11-22-18(16-27)12-15-30-22/h2-9,12,15H,10-11,13-14,16H2,1H3,(H,25,29)(H,26,28). The van der Waals surface area contributed by atoms with Crippen LogP contribution in [0.1, 0.15) is 32.8 Å². The van der Waals surface area contributed by atoms with Gasteiger partial charge in [0.2, 0.25) is 5.91 Å². The summed E-state index contributed by atoms with van der Waals surface area (Å²) >= 11 is 1.84. The van der Waals surface area contributed by atoms with Gasteiger partial charge >= 0.3 is 0 Å². The minimum atomic E-state index is -0.152. The molecule has 0 bridgehead atoms. The first-order valence-electron chi connectivity index (χ1n) is 10.1. The molecule has 1 aliphatic rings. The number of hydrogen-bond acceptors (Lipinski definition) is 4. The van der Waals surface area contributed by atoms with Gasteiger partial charge in [0, 0.05) is 47.9 Å². The Morgan fingerprint density at radius 3 is 2.67 bits per heavy atom. The molecule has 0 fully saturated rings. The zero-order chi connectivity index (χ0) is 20.9. The SMILES string of the molecule is Cc1ccccc1C(=O)NCCC(=O)Nc1ccc(N2CCc3sccc3C2)cc1. The highest BCUT2D eigenvalue weighted by molar-refractivity contribution is 7.10. The minimum absolute atomic E-state index is 0.117. The molecule has 0 atom stereocenters. The number of aryl methyl sites for hydroxylation is 1. The number of benzene rings is 2. The minimum Gasteiger partial charge on any atom is -0.367 e. The van der Waals surface area contributed by atoms with Gasteiger partial charge in [-0.3, -0.25) is 9.59 Å². The highest BCUT2D eigenvalue weighted by atomic mass is 32.1. The summed E-state index contributed by atoms with van der Waals surface area (Å²) in [6.45, 7) is 4.15. The van der Waals surface area contributed by atoms with Gasteiger partial charge in [0.1, 0.15) is 0 Å². The third-order valence-electron chi connectivity index (χ3n) is 5.35. The van der Waals surface area contributed by atoms with Crippen molar-refractivity contribution in [2.45, 2.75) is 26.3 Å². The molecule has 2 N–H and O–H groups in total. The van der Waals surface area contributed by atoms with Crippen molar-refractivity contribution >= 4 is 34.5 Å². The Kier molecular flexibility index (Phi) is 6.14. The second-order valence-corrected chi connectivity index (χ2v) is 8.46. The van der Waals surface area contributed by atoms with Crippen LogP contribution in [0.15, 0.2) is 60.0 Å². The predicted molar refractivity (Wildman–Crippen MR) is 122 cm³/mol. The summed E-state index contributed by atoms with van der Waals surface area (Å²) in [4.78, 5) is 28.3. The molecule has 154 valence electrons. The lowest BCUT2D eigenvalue weighted by molar-refractivity contribution is -0.116. The Bertz CT molecular complexity index is 1040. The molecule has 2 heterocycles. The number of hydrogen-bond donors (Lipinski definition) is 2. The molecule has 0 saturated carbocycles. The lowest BCUT2D eigenvalue weighted by Gasteiger charge is -2.29. The number of nitrogens with one attached hydrogen (secondary N) is 2. The van der Waals surface area contributed by atoms with Gasteiger partial charge in [0.05, 0.1) is 0 Å². The van der Waals surface area contributed by atoms with Gasteiger partial charge in [-0.25, -0.2) is 0 Å². The maximum Gasteiger partial charge on any atom is 0.251 e. The fourth-order valence-corrected chi connectivity index (χ4v) is 4.55. The largest absolute Gasteiger partial charge is 0.367 e. The topological polar surface area (TPSA) is 61.4 Å². The van der Waals surface area contributed by atoms with Crippen molar-refractivity contribution in [2.24, 2.45) is 0 Å². The monoisotopic (exact) mass is 419 g/mol. The van der Waals surface area contributed by atoms with Crippen LogP contribution in [0.3, 0.4) is 0 Å². The summed E-state index contributed by atoms with van der Waals surface area (Å²) in [6, 6.07) is 17.6. The molecular formula is C24H25N3O2S.